The van der Waals surface area contributed by atoms with Crippen LogP contribution in [-0.2, 0) is 9.53 Å². The summed E-state index contributed by atoms with van der Waals surface area (Å²) in [6.45, 7) is 0.947. The van der Waals surface area contributed by atoms with Gasteiger partial charge in [-0.2, -0.15) is 0 Å². The van der Waals surface area contributed by atoms with E-state index >= 15 is 0 Å². The number of carbonyl (C=O) groups is 2. The topological polar surface area (TPSA) is 46.6 Å². The lowest BCUT2D eigenvalue weighted by Gasteiger charge is -2.11. The van der Waals surface area contributed by atoms with Crippen molar-refractivity contribution in [2.75, 3.05) is 20.3 Å². The number of amides is 2. The summed E-state index contributed by atoms with van der Waals surface area (Å²) in [5.41, 5.74) is 0. The lowest BCUT2D eigenvalue weighted by atomic mass is 10.3. The second-order valence-corrected chi connectivity index (χ2v) is 6.70. The van der Waals surface area contributed by atoms with Crippen LogP contribution in [0, 0.1) is 0 Å². The van der Waals surface area contributed by atoms with Crippen LogP contribution in [0.4, 0.5) is 4.79 Å². The number of imide groups is 1. The molecule has 1 aromatic heterocycles. The van der Waals surface area contributed by atoms with Gasteiger partial charge in [0.05, 0.1) is 4.91 Å². The number of ether oxygens (including phenoxy) is 1. The van der Waals surface area contributed by atoms with E-state index in [9.17, 15) is 9.59 Å². The summed E-state index contributed by atoms with van der Waals surface area (Å²) in [6.07, 6.45) is 2.42. The zero-order valence-electron chi connectivity index (χ0n) is 10.2. The molecule has 1 aliphatic rings. The Bertz CT molecular complexity index is 527. The average molecular weight is 362 g/mol. The van der Waals surface area contributed by atoms with E-state index in [0.717, 1.165) is 21.1 Å². The fourth-order valence-corrected chi connectivity index (χ4v) is 3.90. The third-order valence-corrected chi connectivity index (χ3v) is 5.01. The Kier molecular flexibility index (Phi) is 5.20. The number of hydrogen-bond donors (Lipinski definition) is 0. The van der Waals surface area contributed by atoms with E-state index in [2.05, 4.69) is 15.9 Å². The predicted octanol–water partition coefficient (Wildman–Crippen LogP) is 3.58. The largest absolute Gasteiger partial charge is 0.385 e. The maximum Gasteiger partial charge on any atom is 0.293 e. The van der Waals surface area contributed by atoms with E-state index in [1.807, 2.05) is 11.4 Å². The molecule has 0 spiro atoms. The van der Waals surface area contributed by atoms with Gasteiger partial charge in [0.1, 0.15) is 0 Å². The first-order valence-electron chi connectivity index (χ1n) is 5.60. The van der Waals surface area contributed by atoms with Crippen LogP contribution >= 0.6 is 39.0 Å². The van der Waals surface area contributed by atoms with E-state index in [1.165, 1.54) is 16.2 Å². The first-order chi connectivity index (χ1) is 9.11. The Morgan fingerprint density at radius 3 is 2.89 bits per heavy atom. The number of thioether (sulfide) groups is 1. The smallest absolute Gasteiger partial charge is 0.293 e. The van der Waals surface area contributed by atoms with Crippen molar-refractivity contribution in [1.29, 1.82) is 0 Å². The molecule has 0 saturated carbocycles. The Labute approximate surface area is 127 Å². The predicted molar refractivity (Wildman–Crippen MR) is 81.2 cm³/mol. The van der Waals surface area contributed by atoms with Crippen molar-refractivity contribution in [3.8, 4) is 0 Å². The van der Waals surface area contributed by atoms with Gasteiger partial charge >= 0.3 is 0 Å². The summed E-state index contributed by atoms with van der Waals surface area (Å²) in [6, 6.07) is 1.92. The van der Waals surface area contributed by atoms with Crippen LogP contribution in [0.15, 0.2) is 20.8 Å². The normalized spacial score (nSPS) is 17.8. The van der Waals surface area contributed by atoms with E-state index in [0.29, 0.717) is 24.5 Å². The summed E-state index contributed by atoms with van der Waals surface area (Å²) >= 11 is 5.88. The molecular weight excluding hydrogens is 350 g/mol. The van der Waals surface area contributed by atoms with Crippen molar-refractivity contribution in [2.45, 2.75) is 6.42 Å². The molecule has 7 heteroatoms. The molecule has 2 rings (SSSR count). The van der Waals surface area contributed by atoms with Crippen molar-refractivity contribution in [3.63, 3.8) is 0 Å². The third-order valence-electron chi connectivity index (χ3n) is 2.46. The molecule has 0 unspecified atom stereocenters. The molecule has 1 saturated heterocycles. The number of thiophene rings is 1. The summed E-state index contributed by atoms with van der Waals surface area (Å²) in [5.74, 6) is -0.212. The van der Waals surface area contributed by atoms with Gasteiger partial charge in [0.15, 0.2) is 0 Å². The lowest BCUT2D eigenvalue weighted by Crippen LogP contribution is -2.29. The average Bonchev–Trinajstić information content (AvgIpc) is 2.88. The number of hydrogen-bond acceptors (Lipinski definition) is 5. The number of methoxy groups -OCH3 is 1. The standard InChI is InChI=1S/C12H12BrNO3S2/c1-17-4-2-3-14-11(15)10(19-12(14)16)6-9-5-8(13)7-18-9/h5-7H,2-4H2,1H3/b10-6+. The summed E-state index contributed by atoms with van der Waals surface area (Å²) in [5, 5.41) is 1.73. The molecule has 2 heterocycles. The van der Waals surface area contributed by atoms with E-state index in [1.54, 1.807) is 13.2 Å². The van der Waals surface area contributed by atoms with Crippen molar-refractivity contribution in [3.05, 3.63) is 25.7 Å². The molecule has 1 fully saturated rings. The monoisotopic (exact) mass is 361 g/mol. The molecule has 0 aromatic carbocycles. The van der Waals surface area contributed by atoms with E-state index < -0.39 is 0 Å². The quantitative estimate of drug-likeness (QED) is 0.593. The van der Waals surface area contributed by atoms with Gasteiger partial charge in [-0.05, 0) is 46.3 Å². The minimum atomic E-state index is -0.212. The second-order valence-electron chi connectivity index (χ2n) is 3.85. The molecule has 0 radical (unpaired) electrons. The maximum absolute atomic E-state index is 12.1. The molecule has 0 bridgehead atoms. The Morgan fingerprint density at radius 2 is 2.26 bits per heavy atom. The first kappa shape index (κ1) is 14.8. The highest BCUT2D eigenvalue weighted by molar-refractivity contribution is 9.10. The van der Waals surface area contributed by atoms with Crippen molar-refractivity contribution < 1.29 is 14.3 Å². The highest BCUT2D eigenvalue weighted by atomic mass is 79.9. The molecule has 0 aliphatic carbocycles. The second kappa shape index (κ2) is 6.69. The van der Waals surface area contributed by atoms with Gasteiger partial charge in [0.2, 0.25) is 0 Å². The zero-order valence-corrected chi connectivity index (χ0v) is 13.4. The Balaban J connectivity index is 2.07. The molecular formula is C12H12BrNO3S2. The first-order valence-corrected chi connectivity index (χ1v) is 8.09. The summed E-state index contributed by atoms with van der Waals surface area (Å²) in [4.78, 5) is 26.6. The zero-order chi connectivity index (χ0) is 13.8. The fourth-order valence-electron chi connectivity index (χ4n) is 1.59. The minimum absolute atomic E-state index is 0.206. The van der Waals surface area contributed by atoms with Crippen LogP contribution < -0.4 is 0 Å². The number of rotatable bonds is 5. The van der Waals surface area contributed by atoms with Crippen molar-refractivity contribution in [1.82, 2.24) is 4.90 Å². The van der Waals surface area contributed by atoms with Gasteiger partial charge in [0, 0.05) is 35.0 Å². The van der Waals surface area contributed by atoms with Crippen LogP contribution in [0.5, 0.6) is 0 Å². The van der Waals surface area contributed by atoms with E-state index in [4.69, 9.17) is 4.74 Å². The van der Waals surface area contributed by atoms with Gasteiger partial charge in [-0.1, -0.05) is 0 Å². The molecule has 4 nitrogen and oxygen atoms in total. The Morgan fingerprint density at radius 1 is 1.47 bits per heavy atom. The molecule has 0 N–H and O–H groups in total. The van der Waals surface area contributed by atoms with Gasteiger partial charge < -0.3 is 4.74 Å². The van der Waals surface area contributed by atoms with Gasteiger partial charge in [-0.15, -0.1) is 11.3 Å². The molecule has 0 atom stereocenters. The van der Waals surface area contributed by atoms with Crippen molar-refractivity contribution in [2.24, 2.45) is 0 Å². The number of halogens is 1. The van der Waals surface area contributed by atoms with Gasteiger partial charge in [-0.3, -0.25) is 14.5 Å². The molecule has 1 aromatic rings. The molecule has 1 aliphatic heterocycles. The van der Waals surface area contributed by atoms with Crippen LogP contribution in [0.1, 0.15) is 11.3 Å². The number of carbonyl (C=O) groups excluding carboxylic acids is 2. The maximum atomic E-state index is 12.1. The van der Waals surface area contributed by atoms with Crippen LogP contribution in [-0.4, -0.2) is 36.3 Å². The highest BCUT2D eigenvalue weighted by Gasteiger charge is 2.34. The molecule has 102 valence electrons. The van der Waals surface area contributed by atoms with Gasteiger partial charge in [0.25, 0.3) is 11.1 Å². The molecule has 2 amide bonds. The van der Waals surface area contributed by atoms with Crippen LogP contribution in [0.2, 0.25) is 0 Å². The minimum Gasteiger partial charge on any atom is -0.385 e. The summed E-state index contributed by atoms with van der Waals surface area (Å²) < 4.78 is 5.90. The lowest BCUT2D eigenvalue weighted by molar-refractivity contribution is -0.122. The number of nitrogens with zero attached hydrogens (tertiary/aromatic N) is 1. The Hall–Kier alpha value is -0.630. The van der Waals surface area contributed by atoms with Crippen LogP contribution in [0.25, 0.3) is 6.08 Å². The fraction of sp³-hybridized carbons (Fsp3) is 0.333. The van der Waals surface area contributed by atoms with Crippen molar-refractivity contribution >= 4 is 56.3 Å². The summed E-state index contributed by atoms with van der Waals surface area (Å²) in [7, 11) is 1.60. The van der Waals surface area contributed by atoms with E-state index in [-0.39, 0.29) is 11.1 Å². The SMILES string of the molecule is COCCCN1C(=O)S/C(=C/c2cc(Br)cs2)C1=O. The highest BCUT2D eigenvalue weighted by Crippen LogP contribution is 2.33. The van der Waals surface area contributed by atoms with Gasteiger partial charge in [-0.25, -0.2) is 0 Å². The van der Waals surface area contributed by atoms with Crippen LogP contribution in [0.3, 0.4) is 0 Å². The molecule has 19 heavy (non-hydrogen) atoms. The third kappa shape index (κ3) is 3.68.